The molecule has 0 spiro atoms. The highest BCUT2D eigenvalue weighted by Gasteiger charge is 2.39. The first kappa shape index (κ1) is 27.0. The second kappa shape index (κ2) is 11.3. The summed E-state index contributed by atoms with van der Waals surface area (Å²) in [6, 6.07) is 21.0. The van der Waals surface area contributed by atoms with E-state index in [2.05, 4.69) is 9.56 Å². The summed E-state index contributed by atoms with van der Waals surface area (Å²) in [4.78, 5) is 31.6. The number of amides is 1. The molecule has 2 aliphatic rings. The fraction of sp³-hybridized carbons (Fsp3) is 0.250. The Morgan fingerprint density at radius 2 is 1.73 bits per heavy atom. The quantitative estimate of drug-likeness (QED) is 0.134. The minimum atomic E-state index is -0.417. The molecule has 0 radical (unpaired) electrons. The molecule has 41 heavy (non-hydrogen) atoms. The van der Waals surface area contributed by atoms with Gasteiger partial charge in [-0.25, -0.2) is 9.38 Å². The Bertz CT molecular complexity index is 1700. The van der Waals surface area contributed by atoms with Gasteiger partial charge in [0.2, 0.25) is 0 Å². The van der Waals surface area contributed by atoms with E-state index in [-0.39, 0.29) is 23.3 Å². The summed E-state index contributed by atoms with van der Waals surface area (Å²) >= 11 is 1.30. The van der Waals surface area contributed by atoms with E-state index >= 15 is 0 Å². The standard InChI is InChI=1S/C32H29FN4O3S/c1-21-26(25-11-5-8-14-29(25)35(21)20-22-15-17-24(18-16-22)37(39)40)19-30-31(38)36(23-9-3-2-4-10-23)32(41-30)34-28-13-7-6-12-27(28)33/h5-8,11-19,23H,2-4,9-10,20H2,1H3/b30-19-,34-32?. The van der Waals surface area contributed by atoms with Crippen LogP contribution < -0.4 is 0 Å². The average Bonchev–Trinajstić information content (AvgIpc) is 3.43. The second-order valence-corrected chi connectivity index (χ2v) is 11.5. The molecule has 0 N–H and O–H groups in total. The molecular formula is C32H29FN4O3S. The summed E-state index contributed by atoms with van der Waals surface area (Å²) in [5.74, 6) is -0.511. The van der Waals surface area contributed by atoms with Gasteiger partial charge < -0.3 is 4.57 Å². The number of nitrogens with zero attached hydrogens (tertiary/aromatic N) is 4. The second-order valence-electron chi connectivity index (χ2n) is 10.4. The SMILES string of the molecule is Cc1c(/C=C2\SC(=Nc3ccccc3F)N(C3CCCCC3)C2=O)c2ccccc2n1Cc1ccc([N+](=O)[O-])cc1. The van der Waals surface area contributed by atoms with Crippen LogP contribution in [-0.4, -0.2) is 31.5 Å². The Balaban J connectivity index is 1.40. The highest BCUT2D eigenvalue weighted by molar-refractivity contribution is 8.18. The highest BCUT2D eigenvalue weighted by atomic mass is 32.2. The monoisotopic (exact) mass is 568 g/mol. The highest BCUT2D eigenvalue weighted by Crippen LogP contribution is 2.40. The number of thioether (sulfide) groups is 1. The van der Waals surface area contributed by atoms with Crippen molar-refractivity contribution in [3.8, 4) is 0 Å². The Kier molecular flexibility index (Phi) is 7.45. The van der Waals surface area contributed by atoms with Crippen molar-refractivity contribution in [1.29, 1.82) is 0 Å². The van der Waals surface area contributed by atoms with Crippen LogP contribution in [0.15, 0.2) is 82.7 Å². The Labute approximate surface area is 241 Å². The number of hydrogen-bond acceptors (Lipinski definition) is 5. The van der Waals surface area contributed by atoms with E-state index in [1.807, 2.05) is 37.3 Å². The third kappa shape index (κ3) is 5.29. The van der Waals surface area contributed by atoms with Gasteiger partial charge in [0, 0.05) is 46.9 Å². The van der Waals surface area contributed by atoms with Crippen LogP contribution in [0.4, 0.5) is 15.8 Å². The molecule has 2 heterocycles. The van der Waals surface area contributed by atoms with Gasteiger partial charge in [-0.1, -0.05) is 61.7 Å². The van der Waals surface area contributed by atoms with E-state index in [1.165, 1.54) is 30.0 Å². The first-order chi connectivity index (χ1) is 19.9. The molecule has 1 aromatic heterocycles. The van der Waals surface area contributed by atoms with E-state index in [4.69, 9.17) is 0 Å². The van der Waals surface area contributed by atoms with Crippen LogP contribution in [0.2, 0.25) is 0 Å². The molecule has 208 valence electrons. The maximum atomic E-state index is 14.6. The molecule has 2 fully saturated rings. The summed E-state index contributed by atoms with van der Waals surface area (Å²) in [6.45, 7) is 2.55. The van der Waals surface area contributed by atoms with Crippen LogP contribution in [0.3, 0.4) is 0 Å². The molecule has 1 aliphatic heterocycles. The molecule has 1 amide bonds. The van der Waals surface area contributed by atoms with E-state index in [9.17, 15) is 19.3 Å². The molecule has 7 nitrogen and oxygen atoms in total. The minimum absolute atomic E-state index is 0.0461. The van der Waals surface area contributed by atoms with E-state index in [0.29, 0.717) is 16.6 Å². The predicted molar refractivity (Wildman–Crippen MR) is 162 cm³/mol. The van der Waals surface area contributed by atoms with Crippen molar-refractivity contribution in [2.75, 3.05) is 0 Å². The predicted octanol–water partition coefficient (Wildman–Crippen LogP) is 7.98. The number of nitro groups is 1. The lowest BCUT2D eigenvalue weighted by atomic mass is 9.94. The molecule has 4 aromatic rings. The van der Waals surface area contributed by atoms with Gasteiger partial charge in [0.15, 0.2) is 5.17 Å². The molecule has 0 atom stereocenters. The fourth-order valence-electron chi connectivity index (χ4n) is 5.75. The summed E-state index contributed by atoms with van der Waals surface area (Å²) in [6.07, 6.45) is 7.02. The van der Waals surface area contributed by atoms with Crippen molar-refractivity contribution in [1.82, 2.24) is 9.47 Å². The Hall–Kier alpha value is -4.24. The molecule has 0 bridgehead atoms. The van der Waals surface area contributed by atoms with Crippen LogP contribution in [0, 0.1) is 22.9 Å². The number of carbonyl (C=O) groups is 1. The lowest BCUT2D eigenvalue weighted by molar-refractivity contribution is -0.384. The zero-order valence-electron chi connectivity index (χ0n) is 22.6. The molecule has 6 rings (SSSR count). The number of amidine groups is 1. The maximum Gasteiger partial charge on any atom is 0.269 e. The van der Waals surface area contributed by atoms with Gasteiger partial charge in [0.05, 0.1) is 9.83 Å². The number of halogens is 1. The topological polar surface area (TPSA) is 80.7 Å². The maximum absolute atomic E-state index is 14.6. The zero-order chi connectivity index (χ0) is 28.5. The number of rotatable bonds is 6. The number of non-ortho nitro benzene ring substituents is 1. The number of nitro benzene ring substituents is 1. The Morgan fingerprint density at radius 3 is 2.46 bits per heavy atom. The molecule has 0 unspecified atom stereocenters. The summed E-state index contributed by atoms with van der Waals surface area (Å²) in [5, 5.41) is 12.6. The largest absolute Gasteiger partial charge is 0.340 e. The van der Waals surface area contributed by atoms with Crippen LogP contribution in [0.25, 0.3) is 17.0 Å². The molecule has 1 saturated heterocycles. The molecule has 3 aromatic carbocycles. The van der Waals surface area contributed by atoms with Crippen molar-refractivity contribution >= 4 is 51.2 Å². The fourth-order valence-corrected chi connectivity index (χ4v) is 6.79. The number of fused-ring (bicyclic) bond motifs is 1. The molecule has 1 saturated carbocycles. The van der Waals surface area contributed by atoms with Crippen molar-refractivity contribution in [2.45, 2.75) is 51.6 Å². The van der Waals surface area contributed by atoms with E-state index in [1.54, 1.807) is 35.2 Å². The van der Waals surface area contributed by atoms with Crippen LogP contribution in [0.1, 0.15) is 48.9 Å². The van der Waals surface area contributed by atoms with Gasteiger partial charge in [-0.3, -0.25) is 19.8 Å². The number of hydrogen-bond donors (Lipinski definition) is 0. The zero-order valence-corrected chi connectivity index (χ0v) is 23.4. The number of aromatic nitrogens is 1. The van der Waals surface area contributed by atoms with Gasteiger partial charge in [-0.2, -0.15) is 0 Å². The van der Waals surface area contributed by atoms with Crippen LogP contribution >= 0.6 is 11.8 Å². The molecule has 1 aliphatic carbocycles. The molecule has 9 heteroatoms. The van der Waals surface area contributed by atoms with Gasteiger partial charge in [0.1, 0.15) is 11.5 Å². The van der Waals surface area contributed by atoms with Gasteiger partial charge >= 0.3 is 0 Å². The van der Waals surface area contributed by atoms with Crippen molar-refractivity contribution < 1.29 is 14.1 Å². The first-order valence-electron chi connectivity index (χ1n) is 13.8. The average molecular weight is 569 g/mol. The number of benzene rings is 3. The lowest BCUT2D eigenvalue weighted by Crippen LogP contribution is -2.40. The van der Waals surface area contributed by atoms with Gasteiger partial charge in [-0.05, 0) is 61.4 Å². The summed E-state index contributed by atoms with van der Waals surface area (Å²) in [5.41, 5.74) is 4.15. The van der Waals surface area contributed by atoms with Crippen molar-refractivity contribution in [3.63, 3.8) is 0 Å². The number of carbonyl (C=O) groups excluding carboxylic acids is 1. The van der Waals surface area contributed by atoms with Crippen molar-refractivity contribution in [2.24, 2.45) is 4.99 Å². The first-order valence-corrected chi connectivity index (χ1v) is 14.6. The number of aliphatic imine (C=N–C) groups is 1. The van der Waals surface area contributed by atoms with Crippen LogP contribution in [0.5, 0.6) is 0 Å². The van der Waals surface area contributed by atoms with Crippen molar-refractivity contribution in [3.05, 3.63) is 110 Å². The van der Waals surface area contributed by atoms with Gasteiger partial charge in [0.25, 0.3) is 11.6 Å². The van der Waals surface area contributed by atoms with E-state index < -0.39 is 10.7 Å². The lowest BCUT2D eigenvalue weighted by Gasteiger charge is -2.30. The smallest absolute Gasteiger partial charge is 0.269 e. The third-order valence-electron chi connectivity index (χ3n) is 7.89. The summed E-state index contributed by atoms with van der Waals surface area (Å²) in [7, 11) is 0. The van der Waals surface area contributed by atoms with E-state index in [0.717, 1.165) is 59.8 Å². The summed E-state index contributed by atoms with van der Waals surface area (Å²) < 4.78 is 16.7. The normalized spacial score (nSPS) is 18.2. The molecular weight excluding hydrogens is 539 g/mol. The van der Waals surface area contributed by atoms with Gasteiger partial charge in [-0.15, -0.1) is 0 Å². The van der Waals surface area contributed by atoms with Crippen LogP contribution in [-0.2, 0) is 11.3 Å². The third-order valence-corrected chi connectivity index (χ3v) is 8.87. The number of para-hydroxylation sites is 2. The Morgan fingerprint density at radius 1 is 1.02 bits per heavy atom. The minimum Gasteiger partial charge on any atom is -0.340 e.